The van der Waals surface area contributed by atoms with E-state index in [4.69, 9.17) is 11.6 Å². The Morgan fingerprint density at radius 3 is 2.61 bits per heavy atom. The van der Waals surface area contributed by atoms with Crippen molar-refractivity contribution in [1.29, 1.82) is 0 Å². The zero-order valence-electron chi connectivity index (χ0n) is 13.6. The molecule has 0 unspecified atom stereocenters. The van der Waals surface area contributed by atoms with Crippen LogP contribution in [0.25, 0.3) is 5.69 Å². The van der Waals surface area contributed by atoms with Crippen LogP contribution in [0.2, 0.25) is 5.02 Å². The van der Waals surface area contributed by atoms with Crippen LogP contribution in [-0.4, -0.2) is 41.6 Å². The van der Waals surface area contributed by atoms with Crippen molar-refractivity contribution in [2.75, 3.05) is 26.2 Å². The molecule has 2 heterocycles. The minimum atomic E-state index is 0.127. The molecule has 1 amide bonds. The molecule has 1 aliphatic rings. The summed E-state index contributed by atoms with van der Waals surface area (Å²) in [5, 5.41) is 4.05. The number of aromatic nitrogens is 1. The molecule has 5 heteroatoms. The molecule has 23 heavy (non-hydrogen) atoms. The Morgan fingerprint density at radius 2 is 1.87 bits per heavy atom. The molecule has 0 radical (unpaired) electrons. The van der Waals surface area contributed by atoms with Gasteiger partial charge in [-0.15, -0.1) is 0 Å². The van der Waals surface area contributed by atoms with Crippen molar-refractivity contribution < 1.29 is 4.79 Å². The summed E-state index contributed by atoms with van der Waals surface area (Å²) in [6.07, 6.45) is 1.00. The molecular formula is C18H22ClN3O. The zero-order valence-corrected chi connectivity index (χ0v) is 14.4. The summed E-state index contributed by atoms with van der Waals surface area (Å²) in [4.78, 5) is 14.8. The lowest BCUT2D eigenvalue weighted by Gasteiger charge is -2.20. The Balaban J connectivity index is 1.93. The molecule has 1 aromatic heterocycles. The number of carbonyl (C=O) groups excluding carboxylic acids is 1. The Hall–Kier alpha value is -1.78. The maximum Gasteiger partial charge on any atom is 0.255 e. The van der Waals surface area contributed by atoms with Crippen LogP contribution in [0.3, 0.4) is 0 Å². The van der Waals surface area contributed by atoms with Crippen LogP contribution in [0.1, 0.15) is 28.2 Å². The quantitative estimate of drug-likeness (QED) is 0.917. The summed E-state index contributed by atoms with van der Waals surface area (Å²) in [6.45, 7) is 7.46. The maximum absolute atomic E-state index is 12.9. The lowest BCUT2D eigenvalue weighted by molar-refractivity contribution is 0.0765. The van der Waals surface area contributed by atoms with Crippen LogP contribution < -0.4 is 5.32 Å². The first-order valence-electron chi connectivity index (χ1n) is 8.03. The van der Waals surface area contributed by atoms with Gasteiger partial charge >= 0.3 is 0 Å². The monoisotopic (exact) mass is 331 g/mol. The average Bonchev–Trinajstić information content (AvgIpc) is 2.74. The molecule has 1 aliphatic heterocycles. The van der Waals surface area contributed by atoms with E-state index in [2.05, 4.69) is 9.88 Å². The van der Waals surface area contributed by atoms with Gasteiger partial charge in [-0.05, 0) is 57.1 Å². The third-order valence-corrected chi connectivity index (χ3v) is 4.63. The number of benzene rings is 1. The fourth-order valence-electron chi connectivity index (χ4n) is 3.19. The van der Waals surface area contributed by atoms with Crippen molar-refractivity contribution in [3.05, 3.63) is 52.3 Å². The van der Waals surface area contributed by atoms with Crippen molar-refractivity contribution in [1.82, 2.24) is 14.8 Å². The van der Waals surface area contributed by atoms with Gasteiger partial charge in [-0.2, -0.15) is 0 Å². The summed E-state index contributed by atoms with van der Waals surface area (Å²) < 4.78 is 2.11. The smallest absolute Gasteiger partial charge is 0.255 e. The van der Waals surface area contributed by atoms with Gasteiger partial charge in [0.2, 0.25) is 0 Å². The lowest BCUT2D eigenvalue weighted by Crippen LogP contribution is -2.34. The molecule has 0 aliphatic carbocycles. The van der Waals surface area contributed by atoms with Gasteiger partial charge < -0.3 is 14.8 Å². The van der Waals surface area contributed by atoms with E-state index >= 15 is 0 Å². The molecule has 122 valence electrons. The molecule has 1 saturated heterocycles. The Kier molecular flexibility index (Phi) is 4.74. The lowest BCUT2D eigenvalue weighted by atomic mass is 10.2. The van der Waals surface area contributed by atoms with Crippen LogP contribution >= 0.6 is 11.6 Å². The number of halogens is 1. The van der Waals surface area contributed by atoms with Crippen LogP contribution in [0.15, 0.2) is 30.3 Å². The number of rotatable bonds is 2. The number of hydrogen-bond acceptors (Lipinski definition) is 2. The molecule has 0 spiro atoms. The summed E-state index contributed by atoms with van der Waals surface area (Å²) in [5.74, 6) is 0.127. The average molecular weight is 332 g/mol. The first kappa shape index (κ1) is 16.1. The predicted octanol–water partition coefficient (Wildman–Crippen LogP) is 3.18. The third-order valence-electron chi connectivity index (χ3n) is 4.37. The minimum Gasteiger partial charge on any atom is -0.337 e. The minimum absolute atomic E-state index is 0.127. The number of amides is 1. The number of hydrogen-bond donors (Lipinski definition) is 1. The van der Waals surface area contributed by atoms with E-state index < -0.39 is 0 Å². The molecule has 4 nitrogen and oxygen atoms in total. The first-order chi connectivity index (χ1) is 11.1. The summed E-state index contributed by atoms with van der Waals surface area (Å²) in [5.41, 5.74) is 3.86. The second-order valence-corrected chi connectivity index (χ2v) is 6.43. The number of carbonyl (C=O) groups is 1. The van der Waals surface area contributed by atoms with Gasteiger partial charge in [-0.1, -0.05) is 11.6 Å². The highest BCUT2D eigenvalue weighted by Gasteiger charge is 2.22. The molecule has 1 fully saturated rings. The molecule has 1 N–H and O–H groups in total. The van der Waals surface area contributed by atoms with E-state index in [1.54, 1.807) is 0 Å². The van der Waals surface area contributed by atoms with Crippen LogP contribution in [-0.2, 0) is 0 Å². The zero-order chi connectivity index (χ0) is 16.4. The molecular weight excluding hydrogens is 310 g/mol. The Labute approximate surface area is 142 Å². The summed E-state index contributed by atoms with van der Waals surface area (Å²) in [6, 6.07) is 9.69. The number of nitrogens with zero attached hydrogens (tertiary/aromatic N) is 2. The van der Waals surface area contributed by atoms with E-state index in [0.717, 1.165) is 55.2 Å². The summed E-state index contributed by atoms with van der Waals surface area (Å²) in [7, 11) is 0. The highest BCUT2D eigenvalue weighted by atomic mass is 35.5. The van der Waals surface area contributed by atoms with Crippen molar-refractivity contribution in [3.8, 4) is 5.69 Å². The van der Waals surface area contributed by atoms with Gasteiger partial charge in [-0.25, -0.2) is 0 Å². The molecule has 2 aromatic rings. The van der Waals surface area contributed by atoms with E-state index in [1.807, 2.05) is 49.1 Å². The topological polar surface area (TPSA) is 37.3 Å². The highest BCUT2D eigenvalue weighted by molar-refractivity contribution is 6.30. The van der Waals surface area contributed by atoms with Crippen LogP contribution in [0, 0.1) is 13.8 Å². The van der Waals surface area contributed by atoms with E-state index in [9.17, 15) is 4.79 Å². The number of aryl methyl sites for hydroxylation is 1. The Morgan fingerprint density at radius 1 is 1.13 bits per heavy atom. The van der Waals surface area contributed by atoms with Crippen molar-refractivity contribution in [2.45, 2.75) is 20.3 Å². The van der Waals surface area contributed by atoms with Crippen molar-refractivity contribution in [2.24, 2.45) is 0 Å². The van der Waals surface area contributed by atoms with Crippen molar-refractivity contribution >= 4 is 17.5 Å². The van der Waals surface area contributed by atoms with Crippen molar-refractivity contribution in [3.63, 3.8) is 0 Å². The largest absolute Gasteiger partial charge is 0.337 e. The van der Waals surface area contributed by atoms with E-state index in [-0.39, 0.29) is 5.91 Å². The second kappa shape index (κ2) is 6.77. The third kappa shape index (κ3) is 3.28. The van der Waals surface area contributed by atoms with E-state index in [0.29, 0.717) is 5.02 Å². The van der Waals surface area contributed by atoms with Gasteiger partial charge in [0, 0.05) is 41.7 Å². The molecule has 0 atom stereocenters. The van der Waals surface area contributed by atoms with Crippen LogP contribution in [0.4, 0.5) is 0 Å². The molecule has 1 aromatic carbocycles. The molecule has 0 bridgehead atoms. The second-order valence-electron chi connectivity index (χ2n) is 5.99. The number of nitrogens with one attached hydrogen (secondary N) is 1. The van der Waals surface area contributed by atoms with Crippen LogP contribution in [0.5, 0.6) is 0 Å². The fraction of sp³-hybridized carbons (Fsp3) is 0.389. The van der Waals surface area contributed by atoms with Gasteiger partial charge in [0.05, 0.1) is 5.56 Å². The van der Waals surface area contributed by atoms with Gasteiger partial charge in [0.25, 0.3) is 5.91 Å². The van der Waals surface area contributed by atoms with Gasteiger partial charge in [0.1, 0.15) is 0 Å². The highest BCUT2D eigenvalue weighted by Crippen LogP contribution is 2.23. The standard InChI is InChI=1S/C18H22ClN3O/c1-13-12-17(18(23)21-10-3-8-20-9-11-21)14(2)22(13)16-6-4-15(19)5-7-16/h4-7,12,20H,3,8-11H2,1-2H3. The molecule has 0 saturated carbocycles. The normalized spacial score (nSPS) is 15.5. The Bertz CT molecular complexity index is 698. The fourth-order valence-corrected chi connectivity index (χ4v) is 3.31. The van der Waals surface area contributed by atoms with Gasteiger partial charge in [0.15, 0.2) is 0 Å². The van der Waals surface area contributed by atoms with Gasteiger partial charge in [-0.3, -0.25) is 4.79 Å². The van der Waals surface area contributed by atoms with E-state index in [1.165, 1.54) is 0 Å². The molecule has 3 rings (SSSR count). The first-order valence-corrected chi connectivity index (χ1v) is 8.40. The SMILES string of the molecule is Cc1cc(C(=O)N2CCCNCC2)c(C)n1-c1ccc(Cl)cc1. The summed E-state index contributed by atoms with van der Waals surface area (Å²) >= 11 is 5.98. The predicted molar refractivity (Wildman–Crippen MR) is 93.6 cm³/mol. The maximum atomic E-state index is 12.9.